The molecule has 4 heteroatoms. The first kappa shape index (κ1) is 13.8. The molecule has 0 aromatic heterocycles. The van der Waals surface area contributed by atoms with Crippen LogP contribution in [-0.4, -0.2) is 13.6 Å². The second-order valence-electron chi connectivity index (χ2n) is 4.36. The summed E-state index contributed by atoms with van der Waals surface area (Å²) in [7, 11) is 1.88. The molecular weight excluding hydrogens is 263 g/mol. The van der Waals surface area contributed by atoms with Gasteiger partial charge in [-0.3, -0.25) is 0 Å². The summed E-state index contributed by atoms with van der Waals surface area (Å²) in [6.45, 7) is 0.400. The zero-order chi connectivity index (χ0) is 13.8. The summed E-state index contributed by atoms with van der Waals surface area (Å²) in [6.07, 6.45) is 0. The highest BCUT2D eigenvalue weighted by Crippen LogP contribution is 2.29. The number of rotatable bonds is 4. The minimum Gasteiger partial charge on any atom is -0.366 e. The summed E-state index contributed by atoms with van der Waals surface area (Å²) in [5.74, 6) is -0.265. The smallest absolute Gasteiger partial charge is 0.125 e. The lowest BCUT2D eigenvalue weighted by Crippen LogP contribution is -2.30. The molecule has 0 bridgehead atoms. The van der Waals surface area contributed by atoms with E-state index >= 15 is 0 Å². The highest BCUT2D eigenvalue weighted by molar-refractivity contribution is 6.31. The molecule has 0 radical (unpaired) electrons. The first-order valence-corrected chi connectivity index (χ1v) is 6.44. The van der Waals surface area contributed by atoms with Crippen LogP contribution in [-0.2, 0) is 0 Å². The number of nitrogens with zero attached hydrogens (tertiary/aromatic N) is 1. The Labute approximate surface area is 117 Å². The van der Waals surface area contributed by atoms with Crippen molar-refractivity contribution in [3.63, 3.8) is 0 Å². The highest BCUT2D eigenvalue weighted by atomic mass is 35.5. The van der Waals surface area contributed by atoms with Crippen molar-refractivity contribution in [2.45, 2.75) is 6.04 Å². The first-order chi connectivity index (χ1) is 9.13. The molecule has 1 unspecified atom stereocenters. The van der Waals surface area contributed by atoms with Gasteiger partial charge in [-0.25, -0.2) is 4.39 Å². The number of hydrogen-bond acceptors (Lipinski definition) is 2. The van der Waals surface area contributed by atoms with E-state index in [0.29, 0.717) is 11.6 Å². The Bertz CT molecular complexity index is 559. The highest BCUT2D eigenvalue weighted by Gasteiger charge is 2.18. The fourth-order valence-electron chi connectivity index (χ4n) is 2.11. The molecule has 0 saturated heterocycles. The van der Waals surface area contributed by atoms with Gasteiger partial charge in [0.05, 0.1) is 6.04 Å². The second kappa shape index (κ2) is 6.04. The largest absolute Gasteiger partial charge is 0.366 e. The fourth-order valence-corrected chi connectivity index (χ4v) is 2.38. The van der Waals surface area contributed by atoms with Gasteiger partial charge in [-0.05, 0) is 29.8 Å². The van der Waals surface area contributed by atoms with Gasteiger partial charge in [-0.2, -0.15) is 0 Å². The van der Waals surface area contributed by atoms with Crippen molar-refractivity contribution in [2.75, 3.05) is 18.5 Å². The Morgan fingerprint density at radius 3 is 2.58 bits per heavy atom. The van der Waals surface area contributed by atoms with Crippen LogP contribution in [0, 0.1) is 5.82 Å². The third-order valence-corrected chi connectivity index (χ3v) is 3.51. The molecule has 0 heterocycles. The van der Waals surface area contributed by atoms with Gasteiger partial charge in [0, 0.05) is 24.3 Å². The van der Waals surface area contributed by atoms with E-state index in [1.807, 2.05) is 42.3 Å². The van der Waals surface area contributed by atoms with Gasteiger partial charge < -0.3 is 10.6 Å². The van der Waals surface area contributed by atoms with Crippen molar-refractivity contribution in [2.24, 2.45) is 5.73 Å². The molecule has 0 aliphatic rings. The van der Waals surface area contributed by atoms with Crippen molar-refractivity contribution in [1.29, 1.82) is 0 Å². The summed E-state index contributed by atoms with van der Waals surface area (Å²) in [5.41, 5.74) is 7.57. The topological polar surface area (TPSA) is 29.3 Å². The van der Waals surface area contributed by atoms with Gasteiger partial charge in [0.15, 0.2) is 0 Å². The molecule has 0 amide bonds. The Morgan fingerprint density at radius 2 is 1.95 bits per heavy atom. The lowest BCUT2D eigenvalue weighted by molar-refractivity contribution is 0.623. The van der Waals surface area contributed by atoms with Gasteiger partial charge >= 0.3 is 0 Å². The molecular formula is C15H16ClFN2. The molecule has 2 N–H and O–H groups in total. The van der Waals surface area contributed by atoms with E-state index in [-0.39, 0.29) is 11.9 Å². The van der Waals surface area contributed by atoms with E-state index in [1.165, 1.54) is 12.1 Å². The van der Waals surface area contributed by atoms with E-state index in [4.69, 9.17) is 17.3 Å². The lowest BCUT2D eigenvalue weighted by atomic mass is 10.0. The zero-order valence-electron chi connectivity index (χ0n) is 10.7. The molecule has 0 fully saturated rings. The Hall–Kier alpha value is -1.58. The predicted octanol–water partition coefficient (Wildman–Crippen LogP) is 3.62. The maximum atomic E-state index is 13.3. The van der Waals surface area contributed by atoms with Gasteiger partial charge in [-0.1, -0.05) is 35.9 Å². The Balaban J connectivity index is 2.35. The molecule has 0 aliphatic carbocycles. The van der Waals surface area contributed by atoms with Crippen LogP contribution in [0.4, 0.5) is 10.1 Å². The first-order valence-electron chi connectivity index (χ1n) is 6.06. The minimum atomic E-state index is -0.265. The van der Waals surface area contributed by atoms with Crippen molar-refractivity contribution in [3.8, 4) is 0 Å². The maximum Gasteiger partial charge on any atom is 0.125 e. The van der Waals surface area contributed by atoms with Crippen LogP contribution in [0.25, 0.3) is 0 Å². The lowest BCUT2D eigenvalue weighted by Gasteiger charge is -2.30. The normalized spacial score (nSPS) is 12.2. The molecule has 2 nitrogen and oxygen atoms in total. The van der Waals surface area contributed by atoms with Gasteiger partial charge in [0.1, 0.15) is 5.82 Å². The van der Waals surface area contributed by atoms with Crippen molar-refractivity contribution >= 4 is 17.3 Å². The third kappa shape index (κ3) is 3.06. The van der Waals surface area contributed by atoms with Gasteiger partial charge in [-0.15, -0.1) is 0 Å². The zero-order valence-corrected chi connectivity index (χ0v) is 11.4. The molecule has 2 rings (SSSR count). The third-order valence-electron chi connectivity index (χ3n) is 3.17. The number of anilines is 1. The standard InChI is InChI=1S/C15H16ClFN2/c1-19(12-6-4-5-11(17)9-12)15(10-18)13-7-2-3-8-14(13)16/h2-9,15H,10,18H2,1H3. The molecule has 0 aliphatic heterocycles. The SMILES string of the molecule is CN(c1cccc(F)c1)C(CN)c1ccccc1Cl. The van der Waals surface area contributed by atoms with Crippen LogP contribution in [0.2, 0.25) is 5.02 Å². The molecule has 0 spiro atoms. The van der Waals surface area contributed by atoms with E-state index in [1.54, 1.807) is 6.07 Å². The number of nitrogens with two attached hydrogens (primary N) is 1. The van der Waals surface area contributed by atoms with Crippen LogP contribution in [0.3, 0.4) is 0 Å². The molecule has 100 valence electrons. The van der Waals surface area contributed by atoms with Crippen LogP contribution >= 0.6 is 11.6 Å². The summed E-state index contributed by atoms with van der Waals surface area (Å²) in [5, 5.41) is 0.668. The van der Waals surface area contributed by atoms with Crippen molar-refractivity contribution in [1.82, 2.24) is 0 Å². The number of likely N-dealkylation sites (N-methyl/N-ethyl adjacent to an activating group) is 1. The van der Waals surface area contributed by atoms with Crippen molar-refractivity contribution in [3.05, 3.63) is 64.9 Å². The predicted molar refractivity (Wildman–Crippen MR) is 78.1 cm³/mol. The summed E-state index contributed by atoms with van der Waals surface area (Å²) in [6, 6.07) is 13.9. The van der Waals surface area contributed by atoms with Crippen LogP contribution in [0.15, 0.2) is 48.5 Å². The number of hydrogen-bond donors (Lipinski definition) is 1. The molecule has 0 saturated carbocycles. The van der Waals surface area contributed by atoms with Crippen LogP contribution in [0.1, 0.15) is 11.6 Å². The van der Waals surface area contributed by atoms with Crippen molar-refractivity contribution < 1.29 is 4.39 Å². The maximum absolute atomic E-state index is 13.3. The molecule has 1 atom stereocenters. The molecule has 19 heavy (non-hydrogen) atoms. The fraction of sp³-hybridized carbons (Fsp3) is 0.200. The second-order valence-corrected chi connectivity index (χ2v) is 4.77. The molecule has 2 aromatic carbocycles. The van der Waals surface area contributed by atoms with E-state index in [9.17, 15) is 4.39 Å². The summed E-state index contributed by atoms with van der Waals surface area (Å²) in [4.78, 5) is 1.93. The summed E-state index contributed by atoms with van der Waals surface area (Å²) < 4.78 is 13.3. The van der Waals surface area contributed by atoms with Crippen LogP contribution in [0.5, 0.6) is 0 Å². The van der Waals surface area contributed by atoms with Crippen LogP contribution < -0.4 is 10.6 Å². The Morgan fingerprint density at radius 1 is 1.21 bits per heavy atom. The molecule has 2 aromatic rings. The van der Waals surface area contributed by atoms with E-state index < -0.39 is 0 Å². The number of benzene rings is 2. The van der Waals surface area contributed by atoms with E-state index in [0.717, 1.165) is 11.3 Å². The quantitative estimate of drug-likeness (QED) is 0.926. The van der Waals surface area contributed by atoms with Gasteiger partial charge in [0.25, 0.3) is 0 Å². The average molecular weight is 279 g/mol. The average Bonchev–Trinajstić information content (AvgIpc) is 2.41. The minimum absolute atomic E-state index is 0.0875. The van der Waals surface area contributed by atoms with E-state index in [2.05, 4.69) is 0 Å². The summed E-state index contributed by atoms with van der Waals surface area (Å²) >= 11 is 6.20. The monoisotopic (exact) mass is 278 g/mol. The number of halogens is 2. The Kier molecular flexibility index (Phi) is 4.40. The van der Waals surface area contributed by atoms with Gasteiger partial charge in [0.2, 0.25) is 0 Å².